The minimum Gasteiger partial charge on any atom is -0.411 e. The molecule has 2 aromatic rings. The fourth-order valence-electron chi connectivity index (χ4n) is 1.59. The van der Waals surface area contributed by atoms with Gasteiger partial charge in [0, 0.05) is 16.2 Å². The SMILES string of the molecule is Cc1ccc(SC/C(=N/O)c2ccccc2)cc1. The van der Waals surface area contributed by atoms with Crippen LogP contribution in [0, 0.1) is 6.92 Å². The molecule has 3 heteroatoms. The first-order valence-corrected chi connectivity index (χ1v) is 6.74. The average molecular weight is 257 g/mol. The molecule has 0 aliphatic heterocycles. The quantitative estimate of drug-likeness (QED) is 0.389. The lowest BCUT2D eigenvalue weighted by atomic mass is 10.1. The van der Waals surface area contributed by atoms with Gasteiger partial charge in [-0.05, 0) is 19.1 Å². The van der Waals surface area contributed by atoms with E-state index >= 15 is 0 Å². The third-order valence-corrected chi connectivity index (χ3v) is 3.65. The number of nitrogens with zero attached hydrogens (tertiary/aromatic N) is 1. The molecule has 0 aromatic heterocycles. The van der Waals surface area contributed by atoms with E-state index in [0.29, 0.717) is 11.5 Å². The normalized spacial score (nSPS) is 11.5. The van der Waals surface area contributed by atoms with Crippen molar-refractivity contribution >= 4 is 17.5 Å². The van der Waals surface area contributed by atoms with E-state index < -0.39 is 0 Å². The Morgan fingerprint density at radius 2 is 1.72 bits per heavy atom. The van der Waals surface area contributed by atoms with Gasteiger partial charge in [0.2, 0.25) is 0 Å². The molecule has 0 bridgehead atoms. The van der Waals surface area contributed by atoms with Gasteiger partial charge in [-0.3, -0.25) is 0 Å². The Balaban J connectivity index is 2.03. The number of oxime groups is 1. The Morgan fingerprint density at radius 1 is 1.06 bits per heavy atom. The van der Waals surface area contributed by atoms with E-state index in [0.717, 1.165) is 5.56 Å². The van der Waals surface area contributed by atoms with Crippen molar-refractivity contribution in [3.63, 3.8) is 0 Å². The van der Waals surface area contributed by atoms with Crippen molar-refractivity contribution in [1.29, 1.82) is 0 Å². The van der Waals surface area contributed by atoms with Crippen molar-refractivity contribution in [2.75, 3.05) is 5.75 Å². The molecular weight excluding hydrogens is 242 g/mol. The summed E-state index contributed by atoms with van der Waals surface area (Å²) in [6, 6.07) is 18.1. The van der Waals surface area contributed by atoms with Crippen LogP contribution in [-0.2, 0) is 0 Å². The molecule has 0 saturated carbocycles. The van der Waals surface area contributed by atoms with Gasteiger partial charge in [-0.25, -0.2) is 0 Å². The highest BCUT2D eigenvalue weighted by Gasteiger charge is 2.04. The fraction of sp³-hybridized carbons (Fsp3) is 0.133. The maximum absolute atomic E-state index is 9.08. The van der Waals surface area contributed by atoms with Gasteiger partial charge in [0.15, 0.2) is 0 Å². The minimum atomic E-state index is 0.656. The number of hydrogen-bond acceptors (Lipinski definition) is 3. The van der Waals surface area contributed by atoms with Gasteiger partial charge in [0.25, 0.3) is 0 Å². The van der Waals surface area contributed by atoms with Gasteiger partial charge in [-0.2, -0.15) is 0 Å². The van der Waals surface area contributed by atoms with Crippen LogP contribution in [0.1, 0.15) is 11.1 Å². The maximum atomic E-state index is 9.08. The van der Waals surface area contributed by atoms with Crippen LogP contribution >= 0.6 is 11.8 Å². The van der Waals surface area contributed by atoms with Crippen LogP contribution in [0.4, 0.5) is 0 Å². The topological polar surface area (TPSA) is 32.6 Å². The molecule has 0 unspecified atom stereocenters. The number of aryl methyl sites for hydroxylation is 1. The summed E-state index contributed by atoms with van der Waals surface area (Å²) in [5, 5.41) is 12.5. The zero-order valence-corrected chi connectivity index (χ0v) is 11.0. The van der Waals surface area contributed by atoms with Gasteiger partial charge >= 0.3 is 0 Å². The Bertz CT molecular complexity index is 520. The summed E-state index contributed by atoms with van der Waals surface area (Å²) in [6.07, 6.45) is 0. The van der Waals surface area contributed by atoms with Crippen LogP contribution in [-0.4, -0.2) is 16.7 Å². The monoisotopic (exact) mass is 257 g/mol. The van der Waals surface area contributed by atoms with Crippen LogP contribution in [0.25, 0.3) is 0 Å². The van der Waals surface area contributed by atoms with Gasteiger partial charge in [0.1, 0.15) is 0 Å². The molecule has 2 nitrogen and oxygen atoms in total. The molecule has 2 aromatic carbocycles. The number of thioether (sulfide) groups is 1. The molecule has 0 saturated heterocycles. The lowest BCUT2D eigenvalue weighted by Crippen LogP contribution is -2.04. The molecule has 0 fully saturated rings. The van der Waals surface area contributed by atoms with E-state index in [1.807, 2.05) is 30.3 Å². The largest absolute Gasteiger partial charge is 0.411 e. The highest BCUT2D eigenvalue weighted by molar-refractivity contribution is 8.00. The number of hydrogen-bond donors (Lipinski definition) is 1. The molecule has 92 valence electrons. The van der Waals surface area contributed by atoms with E-state index in [-0.39, 0.29) is 0 Å². The van der Waals surface area contributed by atoms with Crippen molar-refractivity contribution in [1.82, 2.24) is 0 Å². The predicted octanol–water partition coefficient (Wildman–Crippen LogP) is 3.97. The van der Waals surface area contributed by atoms with Gasteiger partial charge in [-0.15, -0.1) is 11.8 Å². The lowest BCUT2D eigenvalue weighted by Gasteiger charge is -2.05. The third kappa shape index (κ3) is 3.37. The van der Waals surface area contributed by atoms with Crippen LogP contribution in [0.5, 0.6) is 0 Å². The van der Waals surface area contributed by atoms with Gasteiger partial charge < -0.3 is 5.21 Å². The van der Waals surface area contributed by atoms with Crippen LogP contribution < -0.4 is 0 Å². The first-order chi connectivity index (χ1) is 8.79. The maximum Gasteiger partial charge on any atom is 0.0970 e. The molecular formula is C15H15NOS. The molecule has 0 atom stereocenters. The van der Waals surface area contributed by atoms with E-state index in [4.69, 9.17) is 5.21 Å². The highest BCUT2D eigenvalue weighted by Crippen LogP contribution is 2.19. The van der Waals surface area contributed by atoms with Crippen molar-refractivity contribution in [2.24, 2.45) is 5.16 Å². The predicted molar refractivity (Wildman–Crippen MR) is 76.7 cm³/mol. The zero-order chi connectivity index (χ0) is 12.8. The van der Waals surface area contributed by atoms with E-state index in [2.05, 4.69) is 36.3 Å². The van der Waals surface area contributed by atoms with Gasteiger partial charge in [0.05, 0.1) is 5.71 Å². The van der Waals surface area contributed by atoms with Crippen molar-refractivity contribution < 1.29 is 5.21 Å². The molecule has 0 amide bonds. The van der Waals surface area contributed by atoms with Crippen molar-refractivity contribution in [2.45, 2.75) is 11.8 Å². The van der Waals surface area contributed by atoms with E-state index in [1.54, 1.807) is 11.8 Å². The summed E-state index contributed by atoms with van der Waals surface area (Å²) >= 11 is 1.67. The first-order valence-electron chi connectivity index (χ1n) is 5.75. The van der Waals surface area contributed by atoms with Crippen molar-refractivity contribution in [3.05, 3.63) is 65.7 Å². The van der Waals surface area contributed by atoms with E-state index in [1.165, 1.54) is 10.5 Å². The second-order valence-corrected chi connectivity index (χ2v) is 5.06. The van der Waals surface area contributed by atoms with Crippen LogP contribution in [0.3, 0.4) is 0 Å². The Hall–Kier alpha value is -1.74. The molecule has 2 rings (SSSR count). The standard InChI is InChI=1S/C15H15NOS/c1-12-7-9-14(10-8-12)18-11-15(16-17)13-5-3-2-4-6-13/h2-10,17H,11H2,1H3/b16-15-. The smallest absolute Gasteiger partial charge is 0.0970 e. The fourth-order valence-corrected chi connectivity index (χ4v) is 2.44. The number of benzene rings is 2. The van der Waals surface area contributed by atoms with Crippen LogP contribution in [0.2, 0.25) is 0 Å². The lowest BCUT2D eigenvalue weighted by molar-refractivity contribution is 0.319. The summed E-state index contributed by atoms with van der Waals surface area (Å²) in [6.45, 7) is 2.07. The molecule has 1 N–H and O–H groups in total. The highest BCUT2D eigenvalue weighted by atomic mass is 32.2. The van der Waals surface area contributed by atoms with Crippen molar-refractivity contribution in [3.8, 4) is 0 Å². The summed E-state index contributed by atoms with van der Waals surface area (Å²) in [5.41, 5.74) is 2.90. The summed E-state index contributed by atoms with van der Waals surface area (Å²) in [7, 11) is 0. The Labute approximate surface area is 111 Å². The van der Waals surface area contributed by atoms with Crippen LogP contribution in [0.15, 0.2) is 64.6 Å². The molecule has 0 aliphatic rings. The number of rotatable bonds is 4. The second-order valence-electron chi connectivity index (χ2n) is 4.01. The zero-order valence-electron chi connectivity index (χ0n) is 10.2. The first kappa shape index (κ1) is 12.7. The summed E-state index contributed by atoms with van der Waals surface area (Å²) < 4.78 is 0. The summed E-state index contributed by atoms with van der Waals surface area (Å²) in [4.78, 5) is 1.18. The minimum absolute atomic E-state index is 0.656. The molecule has 0 spiro atoms. The molecule has 0 aliphatic carbocycles. The van der Waals surface area contributed by atoms with Gasteiger partial charge in [-0.1, -0.05) is 53.2 Å². The molecule has 0 heterocycles. The average Bonchev–Trinajstić information content (AvgIpc) is 2.43. The molecule has 0 radical (unpaired) electrons. The van der Waals surface area contributed by atoms with E-state index in [9.17, 15) is 0 Å². The third-order valence-electron chi connectivity index (χ3n) is 2.62. The Morgan fingerprint density at radius 3 is 2.33 bits per heavy atom. The second kappa shape index (κ2) is 6.26. The summed E-state index contributed by atoms with van der Waals surface area (Å²) in [5.74, 6) is 0.656. The Kier molecular flexibility index (Phi) is 4.42. The molecule has 18 heavy (non-hydrogen) atoms.